The Kier molecular flexibility index (Phi) is 5.69. The number of benzene rings is 1. The summed E-state index contributed by atoms with van der Waals surface area (Å²) in [6.07, 6.45) is 0.818. The number of ether oxygens (including phenoxy) is 1. The zero-order valence-corrected chi connectivity index (χ0v) is 12.7. The third-order valence-electron chi connectivity index (χ3n) is 2.36. The van der Waals surface area contributed by atoms with Gasteiger partial charge in [-0.3, -0.25) is 0 Å². The molecule has 0 fully saturated rings. The molecule has 0 saturated heterocycles. The van der Waals surface area contributed by atoms with E-state index in [2.05, 4.69) is 15.0 Å². The van der Waals surface area contributed by atoms with Gasteiger partial charge in [-0.25, -0.2) is 0 Å². The normalized spacial score (nSPS) is 10.9. The monoisotopic (exact) mass is 331 g/mol. The Morgan fingerprint density at radius 1 is 1.19 bits per heavy atom. The number of halogens is 3. The largest absolute Gasteiger partial charge is 0.463 e. The fraction of sp³-hybridized carbons (Fsp3) is 0.308. The van der Waals surface area contributed by atoms with Gasteiger partial charge in [0.2, 0.25) is 5.28 Å². The van der Waals surface area contributed by atoms with Crippen LogP contribution in [-0.4, -0.2) is 27.3 Å². The number of alkyl halides is 2. The first-order valence-electron chi connectivity index (χ1n) is 6.18. The summed E-state index contributed by atoms with van der Waals surface area (Å²) in [7, 11) is 0. The summed E-state index contributed by atoms with van der Waals surface area (Å²) in [6.45, 7) is 2.44. The molecule has 2 rings (SSSR count). The second-order valence-corrected chi connectivity index (χ2v) is 5.36. The summed E-state index contributed by atoms with van der Waals surface area (Å²) in [4.78, 5) is 12.5. The lowest BCUT2D eigenvalue weighted by molar-refractivity contribution is 0.252. The topological polar surface area (TPSA) is 47.9 Å². The summed E-state index contributed by atoms with van der Waals surface area (Å²) in [5.74, 6) is -2.11. The van der Waals surface area contributed by atoms with Gasteiger partial charge < -0.3 is 4.74 Å². The lowest BCUT2D eigenvalue weighted by atomic mass is 10.2. The van der Waals surface area contributed by atoms with Crippen molar-refractivity contribution in [3.63, 3.8) is 0 Å². The molecule has 21 heavy (non-hydrogen) atoms. The molecule has 0 radical (unpaired) electrons. The molecule has 1 heterocycles. The summed E-state index contributed by atoms with van der Waals surface area (Å²) >= 11 is 6.32. The molecule has 112 valence electrons. The standard InChI is InChI=1S/C13H12ClF2N3OS/c1-2-7-20-13-18-10(17-11(14)19-13)8-3-5-9(6-4-8)21-12(15)16/h3-6,12H,2,7H2,1H3. The predicted octanol–water partition coefficient (Wildman–Crippen LogP) is 4.30. The third kappa shape index (κ3) is 4.78. The van der Waals surface area contributed by atoms with E-state index < -0.39 is 5.76 Å². The fourth-order valence-corrected chi connectivity index (χ4v) is 2.16. The van der Waals surface area contributed by atoms with Gasteiger partial charge in [0.1, 0.15) is 0 Å². The summed E-state index contributed by atoms with van der Waals surface area (Å²) in [6, 6.07) is 6.62. The minimum atomic E-state index is -2.45. The second-order valence-electron chi connectivity index (χ2n) is 3.96. The van der Waals surface area contributed by atoms with Crippen molar-refractivity contribution in [2.45, 2.75) is 24.0 Å². The molecule has 0 aliphatic carbocycles. The summed E-state index contributed by atoms with van der Waals surface area (Å²) in [5, 5.41) is 0.0251. The van der Waals surface area contributed by atoms with Crippen molar-refractivity contribution in [1.29, 1.82) is 0 Å². The van der Waals surface area contributed by atoms with Crippen LogP contribution in [0.2, 0.25) is 5.28 Å². The van der Waals surface area contributed by atoms with E-state index >= 15 is 0 Å². The van der Waals surface area contributed by atoms with Gasteiger partial charge in [-0.2, -0.15) is 23.7 Å². The second kappa shape index (κ2) is 7.51. The van der Waals surface area contributed by atoms with Crippen molar-refractivity contribution >= 4 is 23.4 Å². The van der Waals surface area contributed by atoms with Gasteiger partial charge in [-0.1, -0.05) is 30.8 Å². The van der Waals surface area contributed by atoms with E-state index in [1.54, 1.807) is 24.3 Å². The smallest absolute Gasteiger partial charge is 0.321 e. The van der Waals surface area contributed by atoms with Gasteiger partial charge >= 0.3 is 6.01 Å². The van der Waals surface area contributed by atoms with E-state index in [1.165, 1.54) is 0 Å². The lowest BCUT2D eigenvalue weighted by Crippen LogP contribution is -2.02. The highest BCUT2D eigenvalue weighted by Crippen LogP contribution is 2.27. The molecule has 8 heteroatoms. The van der Waals surface area contributed by atoms with Crippen LogP contribution in [0, 0.1) is 0 Å². The molecule has 4 nitrogen and oxygen atoms in total. The van der Waals surface area contributed by atoms with Crippen molar-refractivity contribution in [2.24, 2.45) is 0 Å². The molecule has 0 N–H and O–H groups in total. The Labute approximate surface area is 129 Å². The maximum Gasteiger partial charge on any atom is 0.321 e. The van der Waals surface area contributed by atoms with Gasteiger partial charge in [0.25, 0.3) is 5.76 Å². The van der Waals surface area contributed by atoms with Gasteiger partial charge in [0.15, 0.2) is 5.82 Å². The Bertz CT molecular complexity index is 598. The lowest BCUT2D eigenvalue weighted by Gasteiger charge is -2.06. The van der Waals surface area contributed by atoms with Gasteiger partial charge in [0, 0.05) is 10.5 Å². The Morgan fingerprint density at radius 2 is 1.90 bits per heavy atom. The van der Waals surface area contributed by atoms with Crippen molar-refractivity contribution < 1.29 is 13.5 Å². The quantitative estimate of drug-likeness (QED) is 0.739. The van der Waals surface area contributed by atoms with Crippen LogP contribution in [0.5, 0.6) is 6.01 Å². The van der Waals surface area contributed by atoms with Crippen molar-refractivity contribution in [1.82, 2.24) is 15.0 Å². The third-order valence-corrected chi connectivity index (χ3v) is 3.25. The minimum Gasteiger partial charge on any atom is -0.463 e. The maximum absolute atomic E-state index is 12.3. The average molecular weight is 332 g/mol. The molecular formula is C13H12ClF2N3OS. The molecule has 0 atom stereocenters. The molecule has 0 aliphatic heterocycles. The molecule has 0 bridgehead atoms. The first kappa shape index (κ1) is 15.9. The Morgan fingerprint density at radius 3 is 2.52 bits per heavy atom. The van der Waals surface area contributed by atoms with Crippen LogP contribution in [0.1, 0.15) is 13.3 Å². The molecule has 1 aromatic carbocycles. The highest BCUT2D eigenvalue weighted by atomic mass is 35.5. The van der Waals surface area contributed by atoms with E-state index in [4.69, 9.17) is 16.3 Å². The highest BCUT2D eigenvalue weighted by Gasteiger charge is 2.10. The van der Waals surface area contributed by atoms with Crippen LogP contribution >= 0.6 is 23.4 Å². The van der Waals surface area contributed by atoms with Crippen LogP contribution < -0.4 is 4.74 Å². The Hall–Kier alpha value is -1.47. The minimum absolute atomic E-state index is 0.0251. The number of hydrogen-bond donors (Lipinski definition) is 0. The number of hydrogen-bond acceptors (Lipinski definition) is 5. The number of aromatic nitrogens is 3. The molecule has 1 aromatic heterocycles. The zero-order valence-electron chi connectivity index (χ0n) is 11.1. The van der Waals surface area contributed by atoms with E-state index in [0.29, 0.717) is 34.7 Å². The molecule has 2 aromatic rings. The molecule has 0 amide bonds. The average Bonchev–Trinajstić information content (AvgIpc) is 2.44. The summed E-state index contributed by atoms with van der Waals surface area (Å²) in [5.41, 5.74) is 0.652. The first-order valence-corrected chi connectivity index (χ1v) is 7.44. The van der Waals surface area contributed by atoms with Crippen LogP contribution in [0.4, 0.5) is 8.78 Å². The highest BCUT2D eigenvalue weighted by molar-refractivity contribution is 7.99. The molecule has 0 unspecified atom stereocenters. The maximum atomic E-state index is 12.3. The number of rotatable bonds is 6. The van der Waals surface area contributed by atoms with Crippen LogP contribution in [0.25, 0.3) is 11.4 Å². The van der Waals surface area contributed by atoms with Gasteiger partial charge in [-0.15, -0.1) is 0 Å². The molecular weight excluding hydrogens is 320 g/mol. The van der Waals surface area contributed by atoms with Gasteiger partial charge in [0.05, 0.1) is 6.61 Å². The molecule has 0 spiro atoms. The van der Waals surface area contributed by atoms with Crippen molar-refractivity contribution in [3.05, 3.63) is 29.5 Å². The molecule has 0 aliphatic rings. The summed E-state index contributed by atoms with van der Waals surface area (Å²) < 4.78 is 29.9. The Balaban J connectivity index is 2.22. The first-order chi connectivity index (χ1) is 10.1. The van der Waals surface area contributed by atoms with E-state index in [-0.39, 0.29) is 11.3 Å². The van der Waals surface area contributed by atoms with Crippen LogP contribution in [0.3, 0.4) is 0 Å². The number of nitrogens with zero attached hydrogens (tertiary/aromatic N) is 3. The molecule has 0 saturated carbocycles. The van der Waals surface area contributed by atoms with Crippen LogP contribution in [0.15, 0.2) is 29.2 Å². The van der Waals surface area contributed by atoms with Crippen molar-refractivity contribution in [3.8, 4) is 17.4 Å². The van der Waals surface area contributed by atoms with Crippen LogP contribution in [-0.2, 0) is 0 Å². The van der Waals surface area contributed by atoms with E-state index in [1.807, 2.05) is 6.92 Å². The predicted molar refractivity (Wildman–Crippen MR) is 77.9 cm³/mol. The van der Waals surface area contributed by atoms with E-state index in [0.717, 1.165) is 6.42 Å². The zero-order chi connectivity index (χ0) is 15.2. The SMILES string of the molecule is CCCOc1nc(Cl)nc(-c2ccc(SC(F)F)cc2)n1. The van der Waals surface area contributed by atoms with E-state index in [9.17, 15) is 8.78 Å². The van der Waals surface area contributed by atoms with Crippen molar-refractivity contribution in [2.75, 3.05) is 6.61 Å². The number of thioether (sulfide) groups is 1. The fourth-order valence-electron chi connectivity index (χ4n) is 1.50. The van der Waals surface area contributed by atoms with Gasteiger partial charge in [-0.05, 0) is 30.2 Å².